The van der Waals surface area contributed by atoms with Crippen LogP contribution in [-0.2, 0) is 6.54 Å². The van der Waals surface area contributed by atoms with E-state index in [4.69, 9.17) is 14.2 Å². The van der Waals surface area contributed by atoms with Crippen molar-refractivity contribution >= 4 is 16.6 Å². The van der Waals surface area contributed by atoms with Crippen LogP contribution in [0.1, 0.15) is 36.2 Å². The van der Waals surface area contributed by atoms with Gasteiger partial charge in [-0.1, -0.05) is 13.8 Å². The number of methoxy groups -OCH3 is 1. The van der Waals surface area contributed by atoms with Gasteiger partial charge in [0.1, 0.15) is 5.75 Å². The summed E-state index contributed by atoms with van der Waals surface area (Å²) < 4.78 is 18.2. The van der Waals surface area contributed by atoms with Gasteiger partial charge in [0.15, 0.2) is 17.3 Å². The van der Waals surface area contributed by atoms with Gasteiger partial charge in [-0.25, -0.2) is 0 Å². The Balaban J connectivity index is 1.72. The van der Waals surface area contributed by atoms with Crippen LogP contribution in [0.3, 0.4) is 0 Å². The summed E-state index contributed by atoms with van der Waals surface area (Å²) in [6.07, 6.45) is 0.803. The minimum absolute atomic E-state index is 0.0963. The third-order valence-corrected chi connectivity index (χ3v) is 6.47. The molecular formula is C25H26N2O5. The van der Waals surface area contributed by atoms with Gasteiger partial charge in [0.05, 0.1) is 23.8 Å². The quantitative estimate of drug-likeness (QED) is 0.442. The fourth-order valence-corrected chi connectivity index (χ4v) is 4.73. The summed E-state index contributed by atoms with van der Waals surface area (Å²) in [6.45, 7) is 7.72. The Labute approximate surface area is 186 Å². The molecule has 0 radical (unpaired) electrons. The molecule has 7 nitrogen and oxygen atoms in total. The number of carbonyl (C=O) groups is 1. The number of hydrogen-bond donors (Lipinski definition) is 0. The van der Waals surface area contributed by atoms with Gasteiger partial charge in [-0.15, -0.1) is 0 Å². The van der Waals surface area contributed by atoms with Crippen molar-refractivity contribution in [3.05, 3.63) is 51.8 Å². The molecule has 2 heterocycles. The van der Waals surface area contributed by atoms with E-state index in [0.717, 1.165) is 31.6 Å². The lowest BCUT2D eigenvalue weighted by Gasteiger charge is -2.20. The highest BCUT2D eigenvalue weighted by molar-refractivity contribution is 6.27. The van der Waals surface area contributed by atoms with Gasteiger partial charge in [-0.3, -0.25) is 9.59 Å². The van der Waals surface area contributed by atoms with E-state index in [1.54, 1.807) is 35.9 Å². The van der Waals surface area contributed by atoms with E-state index < -0.39 is 0 Å². The SMILES string of the molecule is CCN(CC)CCCn1c2c(c3ccc(OC)cc3c1=O)C(=O)c1cc3c(cc1-2)OCO3. The molecule has 0 unspecified atom stereocenters. The molecule has 0 fully saturated rings. The molecule has 166 valence electrons. The highest BCUT2D eigenvalue weighted by Gasteiger charge is 2.35. The molecule has 3 aromatic rings. The van der Waals surface area contributed by atoms with E-state index in [-0.39, 0.29) is 18.1 Å². The molecule has 32 heavy (non-hydrogen) atoms. The standard InChI is InChI=1S/C25H26N2O5/c1-4-26(5-2)9-6-10-27-23-17-12-20-21(32-14-31-20)13-18(17)24(28)22(23)16-8-7-15(30-3)11-19(16)25(27)29/h7-8,11-13H,4-6,9-10,14H2,1-3H3. The summed E-state index contributed by atoms with van der Waals surface area (Å²) in [6, 6.07) is 8.88. The lowest BCUT2D eigenvalue weighted by molar-refractivity contribution is 0.104. The molecule has 1 aromatic heterocycles. The Bertz CT molecular complexity index is 1290. The molecule has 1 aliphatic heterocycles. The van der Waals surface area contributed by atoms with Crippen molar-refractivity contribution < 1.29 is 19.0 Å². The Morgan fingerprint density at radius 1 is 1.00 bits per heavy atom. The molecule has 1 aliphatic carbocycles. The first-order chi connectivity index (χ1) is 15.6. The number of ketones is 1. The molecule has 7 heteroatoms. The van der Waals surface area contributed by atoms with Crippen LogP contribution in [0.25, 0.3) is 22.0 Å². The summed E-state index contributed by atoms with van der Waals surface area (Å²) in [5, 5.41) is 1.14. The summed E-state index contributed by atoms with van der Waals surface area (Å²) in [5.41, 5.74) is 2.39. The highest BCUT2D eigenvalue weighted by Crippen LogP contribution is 2.46. The number of pyridine rings is 1. The van der Waals surface area contributed by atoms with E-state index in [1.165, 1.54) is 0 Å². The van der Waals surface area contributed by atoms with E-state index in [2.05, 4.69) is 18.7 Å². The third-order valence-electron chi connectivity index (χ3n) is 6.47. The number of hydrogen-bond acceptors (Lipinski definition) is 6. The van der Waals surface area contributed by atoms with Gasteiger partial charge in [-0.05, 0) is 56.4 Å². The Morgan fingerprint density at radius 3 is 2.41 bits per heavy atom. The fourth-order valence-electron chi connectivity index (χ4n) is 4.73. The molecule has 0 bridgehead atoms. The largest absolute Gasteiger partial charge is 0.497 e. The average molecular weight is 434 g/mol. The van der Waals surface area contributed by atoms with Crippen LogP contribution < -0.4 is 19.8 Å². The molecule has 5 rings (SSSR count). The van der Waals surface area contributed by atoms with Gasteiger partial charge >= 0.3 is 0 Å². The van der Waals surface area contributed by atoms with Crippen LogP contribution in [0.15, 0.2) is 35.1 Å². The van der Waals surface area contributed by atoms with Crippen LogP contribution in [0, 0.1) is 0 Å². The minimum atomic E-state index is -0.115. The van der Waals surface area contributed by atoms with Crippen molar-refractivity contribution in [2.45, 2.75) is 26.8 Å². The number of fused-ring (bicyclic) bond motifs is 6. The predicted molar refractivity (Wildman–Crippen MR) is 122 cm³/mol. The zero-order valence-electron chi connectivity index (χ0n) is 18.6. The van der Waals surface area contributed by atoms with Crippen LogP contribution in [0.5, 0.6) is 17.2 Å². The normalized spacial score (nSPS) is 13.7. The summed E-state index contributed by atoms with van der Waals surface area (Å²) in [7, 11) is 1.57. The van der Waals surface area contributed by atoms with Crippen molar-refractivity contribution in [2.75, 3.05) is 33.5 Å². The summed E-state index contributed by atoms with van der Waals surface area (Å²) in [5.74, 6) is 1.65. The maximum atomic E-state index is 13.6. The van der Waals surface area contributed by atoms with Gasteiger partial charge in [-0.2, -0.15) is 0 Å². The number of nitrogens with zero attached hydrogens (tertiary/aromatic N) is 2. The van der Waals surface area contributed by atoms with Crippen molar-refractivity contribution in [3.8, 4) is 28.5 Å². The van der Waals surface area contributed by atoms with Crippen LogP contribution >= 0.6 is 0 Å². The molecule has 0 atom stereocenters. The van der Waals surface area contributed by atoms with E-state index in [9.17, 15) is 9.59 Å². The Morgan fingerprint density at radius 2 is 1.72 bits per heavy atom. The lowest BCUT2D eigenvalue weighted by Crippen LogP contribution is -2.28. The van der Waals surface area contributed by atoms with Crippen LogP contribution in [-0.4, -0.2) is 48.8 Å². The fraction of sp³-hybridized carbons (Fsp3) is 0.360. The first-order valence-corrected chi connectivity index (χ1v) is 11.0. The Kier molecular flexibility index (Phi) is 5.13. The zero-order chi connectivity index (χ0) is 22.4. The molecule has 0 spiro atoms. The number of benzene rings is 2. The molecule has 0 amide bonds. The van der Waals surface area contributed by atoms with Gasteiger partial charge in [0.25, 0.3) is 5.56 Å². The molecular weight excluding hydrogens is 408 g/mol. The monoisotopic (exact) mass is 434 g/mol. The van der Waals surface area contributed by atoms with E-state index in [0.29, 0.717) is 51.4 Å². The smallest absolute Gasteiger partial charge is 0.259 e. The minimum Gasteiger partial charge on any atom is -0.497 e. The zero-order valence-corrected chi connectivity index (χ0v) is 18.6. The van der Waals surface area contributed by atoms with Crippen molar-refractivity contribution in [3.63, 3.8) is 0 Å². The predicted octanol–water partition coefficient (Wildman–Crippen LogP) is 3.68. The second-order valence-electron chi connectivity index (χ2n) is 8.05. The second-order valence-corrected chi connectivity index (χ2v) is 8.05. The van der Waals surface area contributed by atoms with Gasteiger partial charge in [0.2, 0.25) is 6.79 Å². The Hall–Kier alpha value is -3.32. The topological polar surface area (TPSA) is 70.0 Å². The van der Waals surface area contributed by atoms with Gasteiger partial charge in [0, 0.05) is 23.1 Å². The number of carbonyl (C=O) groups excluding carboxylic acids is 1. The number of ether oxygens (including phenoxy) is 3. The van der Waals surface area contributed by atoms with Crippen molar-refractivity contribution in [2.24, 2.45) is 0 Å². The van der Waals surface area contributed by atoms with Crippen molar-refractivity contribution in [1.29, 1.82) is 0 Å². The average Bonchev–Trinajstić information content (AvgIpc) is 3.39. The molecule has 0 N–H and O–H groups in total. The first-order valence-electron chi connectivity index (χ1n) is 11.0. The van der Waals surface area contributed by atoms with E-state index in [1.807, 2.05) is 6.07 Å². The van der Waals surface area contributed by atoms with Crippen LogP contribution in [0.2, 0.25) is 0 Å². The lowest BCUT2D eigenvalue weighted by atomic mass is 10.0. The molecule has 2 aliphatic rings. The first kappa shape index (κ1) is 20.6. The highest BCUT2D eigenvalue weighted by atomic mass is 16.7. The second kappa shape index (κ2) is 7.98. The number of rotatable bonds is 7. The maximum Gasteiger partial charge on any atom is 0.259 e. The van der Waals surface area contributed by atoms with E-state index >= 15 is 0 Å². The molecule has 2 aromatic carbocycles. The third kappa shape index (κ3) is 3.07. The van der Waals surface area contributed by atoms with Gasteiger partial charge < -0.3 is 23.7 Å². The summed E-state index contributed by atoms with van der Waals surface area (Å²) in [4.78, 5) is 29.5. The van der Waals surface area contributed by atoms with Crippen molar-refractivity contribution in [1.82, 2.24) is 9.47 Å². The maximum absolute atomic E-state index is 13.6. The molecule has 0 saturated heterocycles. The van der Waals surface area contributed by atoms with Crippen LogP contribution in [0.4, 0.5) is 0 Å². The number of aromatic nitrogens is 1. The summed E-state index contributed by atoms with van der Waals surface area (Å²) >= 11 is 0. The molecule has 0 saturated carbocycles.